The number of anilines is 3. The molecule has 1 aromatic carbocycles. The van der Waals surface area contributed by atoms with Gasteiger partial charge in [-0.05, 0) is 64.3 Å². The highest BCUT2D eigenvalue weighted by molar-refractivity contribution is 6.31. The molecule has 10 heteroatoms. The smallest absolute Gasteiger partial charge is 0.328 e. The van der Waals surface area contributed by atoms with Gasteiger partial charge in [-0.1, -0.05) is 30.0 Å². The van der Waals surface area contributed by atoms with Gasteiger partial charge in [-0.3, -0.25) is 9.56 Å². The number of benzene rings is 1. The number of nitrogens with two attached hydrogens (primary N) is 1. The normalized spacial score (nSPS) is 18.6. The summed E-state index contributed by atoms with van der Waals surface area (Å²) in [4.78, 5) is 9.74. The molecule has 1 saturated carbocycles. The maximum absolute atomic E-state index is 13.4. The molecule has 1 fully saturated rings. The van der Waals surface area contributed by atoms with Gasteiger partial charge in [0.15, 0.2) is 0 Å². The summed E-state index contributed by atoms with van der Waals surface area (Å²) in [6.45, 7) is 6.21. The van der Waals surface area contributed by atoms with E-state index in [1.807, 2.05) is 31.4 Å². The summed E-state index contributed by atoms with van der Waals surface area (Å²) < 4.78 is 42.0. The molecule has 190 valence electrons. The van der Waals surface area contributed by atoms with Crippen molar-refractivity contribution in [2.45, 2.75) is 83.6 Å². The van der Waals surface area contributed by atoms with Crippen LogP contribution in [0.2, 0.25) is 5.02 Å². The topological polar surface area (TPSA) is 80.3 Å². The van der Waals surface area contributed by atoms with Crippen LogP contribution in [-0.2, 0) is 12.7 Å². The molecule has 0 atom stereocenters. The lowest BCUT2D eigenvalue weighted by molar-refractivity contribution is -0.137. The molecule has 4 N–H and O–H groups in total. The fraction of sp³-hybridized carbons (Fsp3) is 0.520. The summed E-state index contributed by atoms with van der Waals surface area (Å²) in [6.07, 6.45) is 3.67. The Kier molecular flexibility index (Phi) is 7.20. The van der Waals surface area contributed by atoms with E-state index >= 15 is 0 Å². The van der Waals surface area contributed by atoms with E-state index in [-0.39, 0.29) is 10.7 Å². The highest BCUT2D eigenvalue weighted by atomic mass is 35.5. The maximum Gasteiger partial charge on any atom is 0.416 e. The Morgan fingerprint density at radius 3 is 2.57 bits per heavy atom. The van der Waals surface area contributed by atoms with Crippen LogP contribution in [0.25, 0.3) is 6.08 Å². The highest BCUT2D eigenvalue weighted by Gasteiger charge is 2.31. The fourth-order valence-corrected chi connectivity index (χ4v) is 4.72. The van der Waals surface area contributed by atoms with Gasteiger partial charge < -0.3 is 16.4 Å². The number of allylic oxidation sites excluding steroid dienone is 1. The molecule has 1 aliphatic heterocycles. The van der Waals surface area contributed by atoms with Gasteiger partial charge >= 0.3 is 6.18 Å². The van der Waals surface area contributed by atoms with E-state index in [0.717, 1.165) is 55.0 Å². The molecule has 2 aromatic rings. The number of aromatic nitrogens is 2. The molecule has 4 rings (SSSR count). The van der Waals surface area contributed by atoms with Crippen molar-refractivity contribution in [2.75, 3.05) is 10.6 Å². The first-order valence-electron chi connectivity index (χ1n) is 11.9. The van der Waals surface area contributed by atoms with Crippen molar-refractivity contribution in [1.29, 1.82) is 0 Å². The number of hydrogen-bond donors (Lipinski definition) is 3. The molecule has 0 spiro atoms. The van der Waals surface area contributed by atoms with E-state index in [9.17, 15) is 13.2 Å². The van der Waals surface area contributed by atoms with Gasteiger partial charge in [0.25, 0.3) is 0 Å². The lowest BCUT2D eigenvalue weighted by Crippen LogP contribution is -2.38. The fourth-order valence-electron chi connectivity index (χ4n) is 4.49. The van der Waals surface area contributed by atoms with Crippen LogP contribution in [0, 0.1) is 0 Å². The number of fused-ring (bicyclic) bond motifs is 1. The quantitative estimate of drug-likeness (QED) is 0.406. The van der Waals surface area contributed by atoms with Gasteiger partial charge in [0.1, 0.15) is 17.3 Å². The molecule has 0 unspecified atom stereocenters. The number of aliphatic imine (C=N–C) groups is 1. The van der Waals surface area contributed by atoms with E-state index in [0.29, 0.717) is 24.2 Å². The van der Waals surface area contributed by atoms with Gasteiger partial charge in [0.05, 0.1) is 11.6 Å². The standard InChI is InChI=1S/C25H32ClF3N6/c1-15-8-9-21(31-18-6-4-5-7-18)34-22-20(10-15)33-23(35(22)14-24(2,3)30)32-19-12-16(25(27,28)29)11-17(26)13-19/h10-13,18H,4-9,14,30H2,1-3H3,(H,31,34)(H,32,33). The first-order valence-corrected chi connectivity index (χ1v) is 12.3. The van der Waals surface area contributed by atoms with Crippen LogP contribution < -0.4 is 16.4 Å². The summed E-state index contributed by atoms with van der Waals surface area (Å²) in [7, 11) is 0. The van der Waals surface area contributed by atoms with Crippen LogP contribution in [0.15, 0.2) is 28.8 Å². The first kappa shape index (κ1) is 25.6. The third kappa shape index (κ3) is 6.58. The zero-order valence-electron chi connectivity index (χ0n) is 20.3. The summed E-state index contributed by atoms with van der Waals surface area (Å²) in [5.74, 6) is 2.00. The Morgan fingerprint density at radius 1 is 1.20 bits per heavy atom. The van der Waals surface area contributed by atoms with Crippen molar-refractivity contribution in [3.8, 4) is 0 Å². The second kappa shape index (κ2) is 9.85. The molecule has 2 heterocycles. The third-order valence-electron chi connectivity index (χ3n) is 6.11. The Labute approximate surface area is 208 Å². The molecule has 0 saturated heterocycles. The maximum atomic E-state index is 13.4. The second-order valence-electron chi connectivity index (χ2n) is 10.2. The van der Waals surface area contributed by atoms with Crippen LogP contribution >= 0.6 is 11.6 Å². The number of hydrogen-bond acceptors (Lipinski definition) is 4. The first-order chi connectivity index (χ1) is 16.4. The van der Waals surface area contributed by atoms with Crippen molar-refractivity contribution in [1.82, 2.24) is 9.55 Å². The monoisotopic (exact) mass is 508 g/mol. The van der Waals surface area contributed by atoms with Crippen LogP contribution in [0.1, 0.15) is 70.6 Å². The van der Waals surface area contributed by atoms with E-state index in [4.69, 9.17) is 27.3 Å². The molecule has 1 aromatic heterocycles. The van der Waals surface area contributed by atoms with Crippen molar-refractivity contribution in [3.05, 3.63) is 40.1 Å². The predicted octanol–water partition coefficient (Wildman–Crippen LogP) is 6.99. The highest BCUT2D eigenvalue weighted by Crippen LogP contribution is 2.36. The van der Waals surface area contributed by atoms with E-state index < -0.39 is 17.3 Å². The Hall–Kier alpha value is -2.52. The largest absolute Gasteiger partial charge is 0.416 e. The molecular weight excluding hydrogens is 477 g/mol. The molecule has 0 amide bonds. The predicted molar refractivity (Wildman–Crippen MR) is 136 cm³/mol. The molecule has 35 heavy (non-hydrogen) atoms. The Balaban J connectivity index is 1.78. The van der Waals surface area contributed by atoms with Crippen LogP contribution in [0.3, 0.4) is 0 Å². The minimum absolute atomic E-state index is 0.0159. The summed E-state index contributed by atoms with van der Waals surface area (Å²) in [5, 5.41) is 6.53. The zero-order chi connectivity index (χ0) is 25.4. The van der Waals surface area contributed by atoms with Crippen molar-refractivity contribution < 1.29 is 13.2 Å². The number of amidine groups is 1. The molecule has 2 aliphatic rings. The molecule has 0 radical (unpaired) electrons. The van der Waals surface area contributed by atoms with E-state index in [2.05, 4.69) is 10.6 Å². The van der Waals surface area contributed by atoms with Gasteiger partial charge in [-0.2, -0.15) is 13.2 Å². The number of halogens is 4. The van der Waals surface area contributed by atoms with Crippen LogP contribution in [0.5, 0.6) is 0 Å². The summed E-state index contributed by atoms with van der Waals surface area (Å²) in [5.41, 5.74) is 6.96. The van der Waals surface area contributed by atoms with Gasteiger partial charge in [-0.25, -0.2) is 4.98 Å². The Morgan fingerprint density at radius 2 is 1.91 bits per heavy atom. The van der Waals surface area contributed by atoms with E-state index in [1.165, 1.54) is 18.9 Å². The molecular formula is C25H32ClF3N6. The summed E-state index contributed by atoms with van der Waals surface area (Å²) >= 11 is 6.01. The molecule has 0 bridgehead atoms. The SMILES string of the molecule is CC1=Cc2nc(Nc3cc(Cl)cc(C(F)(F)F)c3)n(CC(C)(C)N)c2NC(=NC2CCCC2)CC1. The van der Waals surface area contributed by atoms with Crippen LogP contribution in [-0.4, -0.2) is 27.0 Å². The van der Waals surface area contributed by atoms with Crippen molar-refractivity contribution in [2.24, 2.45) is 10.7 Å². The minimum Gasteiger partial charge on any atom is -0.328 e. The number of nitrogens with zero attached hydrogens (tertiary/aromatic N) is 3. The van der Waals surface area contributed by atoms with Gasteiger partial charge in [-0.15, -0.1) is 0 Å². The van der Waals surface area contributed by atoms with Crippen molar-refractivity contribution >= 4 is 41.0 Å². The summed E-state index contributed by atoms with van der Waals surface area (Å²) in [6, 6.07) is 3.69. The minimum atomic E-state index is -4.52. The lowest BCUT2D eigenvalue weighted by atomic mass is 10.1. The van der Waals surface area contributed by atoms with Gasteiger partial charge in [0, 0.05) is 29.2 Å². The zero-order valence-corrected chi connectivity index (χ0v) is 21.0. The van der Waals surface area contributed by atoms with Gasteiger partial charge in [0.2, 0.25) is 5.95 Å². The number of imidazole rings is 1. The van der Waals surface area contributed by atoms with Crippen LogP contribution in [0.4, 0.5) is 30.6 Å². The number of alkyl halides is 3. The lowest BCUT2D eigenvalue weighted by Gasteiger charge is -2.24. The Bertz CT molecular complexity index is 1140. The van der Waals surface area contributed by atoms with E-state index in [1.54, 1.807) is 0 Å². The third-order valence-corrected chi connectivity index (χ3v) is 6.32. The average Bonchev–Trinajstić information content (AvgIpc) is 3.32. The van der Waals surface area contributed by atoms with Crippen molar-refractivity contribution in [3.63, 3.8) is 0 Å². The number of nitrogens with one attached hydrogen (secondary N) is 2. The molecule has 6 nitrogen and oxygen atoms in total. The average molecular weight is 509 g/mol. The number of rotatable bonds is 5. The molecule has 1 aliphatic carbocycles. The second-order valence-corrected chi connectivity index (χ2v) is 10.7.